The van der Waals surface area contributed by atoms with E-state index in [4.69, 9.17) is 0 Å². The molecule has 1 aliphatic carbocycles. The van der Waals surface area contributed by atoms with Crippen LogP contribution in [0.15, 0.2) is 54.6 Å². The summed E-state index contributed by atoms with van der Waals surface area (Å²) in [5.74, 6) is 0.956. The standard InChI is InChI=1S/C19H19N5O/c25-19(12-15-11-10-14-6-4-5-9-17(14)15)20-13-18-21-22-23-24(18)16-7-2-1-3-8-16/h1-9,15H,10-13H2,(H,20,25). The molecule has 3 aromatic rings. The maximum atomic E-state index is 12.4. The second-order valence-corrected chi connectivity index (χ2v) is 6.26. The van der Waals surface area contributed by atoms with Crippen LogP contribution in [-0.2, 0) is 17.8 Å². The Bertz CT molecular complexity index is 874. The molecule has 1 aromatic heterocycles. The summed E-state index contributed by atoms with van der Waals surface area (Å²) in [7, 11) is 0. The van der Waals surface area contributed by atoms with Gasteiger partial charge in [-0.3, -0.25) is 4.79 Å². The number of carbonyl (C=O) groups excluding carboxylic acids is 1. The summed E-state index contributed by atoms with van der Waals surface area (Å²) in [5.41, 5.74) is 3.56. The smallest absolute Gasteiger partial charge is 0.220 e. The topological polar surface area (TPSA) is 72.7 Å². The molecule has 0 aliphatic heterocycles. The molecular formula is C19H19N5O. The quantitative estimate of drug-likeness (QED) is 0.778. The van der Waals surface area contributed by atoms with Gasteiger partial charge in [0.25, 0.3) is 0 Å². The largest absolute Gasteiger partial charge is 0.349 e. The van der Waals surface area contributed by atoms with E-state index in [1.54, 1.807) is 4.68 Å². The number of aromatic nitrogens is 4. The molecule has 1 aliphatic rings. The van der Waals surface area contributed by atoms with E-state index in [9.17, 15) is 4.79 Å². The fraction of sp³-hybridized carbons (Fsp3) is 0.263. The van der Waals surface area contributed by atoms with E-state index in [1.165, 1.54) is 11.1 Å². The molecule has 0 bridgehead atoms. The number of benzene rings is 2. The van der Waals surface area contributed by atoms with E-state index in [0.29, 0.717) is 24.7 Å². The number of tetrazole rings is 1. The van der Waals surface area contributed by atoms with Crippen molar-refractivity contribution in [3.63, 3.8) is 0 Å². The lowest BCUT2D eigenvalue weighted by molar-refractivity contribution is -0.121. The molecule has 4 rings (SSSR count). The molecule has 1 atom stereocenters. The van der Waals surface area contributed by atoms with Gasteiger partial charge in [-0.25, -0.2) is 0 Å². The van der Waals surface area contributed by atoms with Crippen LogP contribution in [0.1, 0.15) is 35.7 Å². The van der Waals surface area contributed by atoms with Crippen LogP contribution < -0.4 is 5.32 Å². The Kier molecular flexibility index (Phi) is 4.24. The number of hydrogen-bond donors (Lipinski definition) is 1. The third-order valence-electron chi connectivity index (χ3n) is 4.67. The van der Waals surface area contributed by atoms with Gasteiger partial charge in [-0.1, -0.05) is 42.5 Å². The minimum absolute atomic E-state index is 0.0318. The van der Waals surface area contributed by atoms with Gasteiger partial charge in [-0.15, -0.1) is 5.10 Å². The SMILES string of the molecule is O=C(CC1CCc2ccccc21)NCc1nnnn1-c1ccccc1. The van der Waals surface area contributed by atoms with Crippen LogP contribution in [0.3, 0.4) is 0 Å². The molecule has 1 amide bonds. The highest BCUT2D eigenvalue weighted by Crippen LogP contribution is 2.35. The number of para-hydroxylation sites is 1. The molecule has 1 heterocycles. The zero-order valence-electron chi connectivity index (χ0n) is 13.8. The van der Waals surface area contributed by atoms with Crippen LogP contribution in [0.25, 0.3) is 5.69 Å². The Morgan fingerprint density at radius 2 is 1.92 bits per heavy atom. The van der Waals surface area contributed by atoms with E-state index >= 15 is 0 Å². The highest BCUT2D eigenvalue weighted by atomic mass is 16.1. The summed E-state index contributed by atoms with van der Waals surface area (Å²) in [6, 6.07) is 18.0. The number of nitrogens with one attached hydrogen (secondary N) is 1. The van der Waals surface area contributed by atoms with Crippen LogP contribution in [0.2, 0.25) is 0 Å². The third kappa shape index (κ3) is 3.28. The number of rotatable bonds is 5. The van der Waals surface area contributed by atoms with Gasteiger partial charge in [0.05, 0.1) is 12.2 Å². The first-order valence-electron chi connectivity index (χ1n) is 8.48. The first-order valence-corrected chi connectivity index (χ1v) is 8.48. The molecule has 0 fully saturated rings. The highest BCUT2D eigenvalue weighted by molar-refractivity contribution is 5.77. The molecule has 1 unspecified atom stereocenters. The number of aryl methyl sites for hydroxylation is 1. The molecule has 25 heavy (non-hydrogen) atoms. The molecule has 126 valence electrons. The van der Waals surface area contributed by atoms with Crippen LogP contribution in [0, 0.1) is 0 Å². The number of nitrogens with zero attached hydrogens (tertiary/aromatic N) is 4. The normalized spacial score (nSPS) is 15.8. The van der Waals surface area contributed by atoms with Crippen molar-refractivity contribution in [2.45, 2.75) is 31.7 Å². The fourth-order valence-corrected chi connectivity index (χ4v) is 3.42. The first kappa shape index (κ1) is 15.5. The van der Waals surface area contributed by atoms with Crippen molar-refractivity contribution >= 4 is 5.91 Å². The lowest BCUT2D eigenvalue weighted by Gasteiger charge is -2.11. The molecule has 0 saturated heterocycles. The zero-order valence-corrected chi connectivity index (χ0v) is 13.8. The minimum Gasteiger partial charge on any atom is -0.349 e. The van der Waals surface area contributed by atoms with Crippen molar-refractivity contribution in [2.75, 3.05) is 0 Å². The van der Waals surface area contributed by atoms with Crippen molar-refractivity contribution in [3.05, 3.63) is 71.5 Å². The second-order valence-electron chi connectivity index (χ2n) is 6.26. The molecule has 6 heteroatoms. The average molecular weight is 333 g/mol. The molecule has 0 saturated carbocycles. The molecule has 2 aromatic carbocycles. The predicted octanol–water partition coefficient (Wildman–Crippen LogP) is 2.40. The summed E-state index contributed by atoms with van der Waals surface area (Å²) < 4.78 is 1.64. The van der Waals surface area contributed by atoms with Crippen LogP contribution in [-0.4, -0.2) is 26.1 Å². The van der Waals surface area contributed by atoms with Crippen LogP contribution in [0.4, 0.5) is 0 Å². The van der Waals surface area contributed by atoms with Gasteiger partial charge in [0.15, 0.2) is 5.82 Å². The maximum Gasteiger partial charge on any atom is 0.220 e. The van der Waals surface area contributed by atoms with Gasteiger partial charge in [0, 0.05) is 6.42 Å². The van der Waals surface area contributed by atoms with Gasteiger partial charge in [0.2, 0.25) is 5.91 Å². The second kappa shape index (κ2) is 6.84. The van der Waals surface area contributed by atoms with Gasteiger partial charge >= 0.3 is 0 Å². The Morgan fingerprint density at radius 3 is 2.80 bits per heavy atom. The lowest BCUT2D eigenvalue weighted by atomic mass is 9.97. The van der Waals surface area contributed by atoms with Gasteiger partial charge in [0.1, 0.15) is 0 Å². The van der Waals surface area contributed by atoms with Crippen LogP contribution in [0.5, 0.6) is 0 Å². The summed E-state index contributed by atoms with van der Waals surface area (Å²) in [6.07, 6.45) is 2.60. The zero-order chi connectivity index (χ0) is 17.1. The minimum atomic E-state index is 0.0318. The maximum absolute atomic E-state index is 12.4. The van der Waals surface area contributed by atoms with E-state index in [2.05, 4.69) is 39.0 Å². The Morgan fingerprint density at radius 1 is 1.12 bits per heavy atom. The Hall–Kier alpha value is -3.02. The van der Waals surface area contributed by atoms with Gasteiger partial charge in [-0.05, 0) is 52.4 Å². The molecule has 1 N–H and O–H groups in total. The summed E-state index contributed by atoms with van der Waals surface area (Å²) in [5, 5.41) is 14.7. The number of hydrogen-bond acceptors (Lipinski definition) is 4. The first-order chi connectivity index (χ1) is 12.3. The predicted molar refractivity (Wildman–Crippen MR) is 93.1 cm³/mol. The van der Waals surface area contributed by atoms with E-state index in [0.717, 1.165) is 18.5 Å². The van der Waals surface area contributed by atoms with Gasteiger partial charge < -0.3 is 5.32 Å². The van der Waals surface area contributed by atoms with Crippen molar-refractivity contribution in [2.24, 2.45) is 0 Å². The molecule has 0 radical (unpaired) electrons. The fourth-order valence-electron chi connectivity index (χ4n) is 3.42. The molecule has 6 nitrogen and oxygen atoms in total. The summed E-state index contributed by atoms with van der Waals surface area (Å²) >= 11 is 0. The summed E-state index contributed by atoms with van der Waals surface area (Å²) in [4.78, 5) is 12.4. The Labute approximate surface area is 145 Å². The monoisotopic (exact) mass is 333 g/mol. The average Bonchev–Trinajstić information content (AvgIpc) is 3.28. The highest BCUT2D eigenvalue weighted by Gasteiger charge is 2.24. The van der Waals surface area contributed by atoms with Gasteiger partial charge in [-0.2, -0.15) is 4.68 Å². The van der Waals surface area contributed by atoms with E-state index in [-0.39, 0.29) is 5.91 Å². The van der Waals surface area contributed by atoms with Crippen molar-refractivity contribution in [1.82, 2.24) is 25.5 Å². The number of carbonyl (C=O) groups is 1. The third-order valence-corrected chi connectivity index (χ3v) is 4.67. The molecular weight excluding hydrogens is 314 g/mol. The molecule has 0 spiro atoms. The number of amides is 1. The van der Waals surface area contributed by atoms with Crippen LogP contribution >= 0.6 is 0 Å². The summed E-state index contributed by atoms with van der Waals surface area (Å²) in [6.45, 7) is 0.315. The van der Waals surface area contributed by atoms with Crippen molar-refractivity contribution < 1.29 is 4.79 Å². The lowest BCUT2D eigenvalue weighted by Crippen LogP contribution is -2.26. The van der Waals surface area contributed by atoms with Crippen molar-refractivity contribution in [1.29, 1.82) is 0 Å². The Balaban J connectivity index is 1.38. The van der Waals surface area contributed by atoms with E-state index in [1.807, 2.05) is 36.4 Å². The van der Waals surface area contributed by atoms with E-state index < -0.39 is 0 Å². The van der Waals surface area contributed by atoms with Crippen molar-refractivity contribution in [3.8, 4) is 5.69 Å². The number of fused-ring (bicyclic) bond motifs is 1.